The molecule has 3 aromatic carbocycles. The van der Waals surface area contributed by atoms with Gasteiger partial charge in [0.1, 0.15) is 6.54 Å². The summed E-state index contributed by atoms with van der Waals surface area (Å²) in [6, 6.07) is 21.2. The van der Waals surface area contributed by atoms with Crippen molar-refractivity contribution in [3.63, 3.8) is 0 Å². The van der Waals surface area contributed by atoms with Gasteiger partial charge in [-0.2, -0.15) is 13.2 Å². The fourth-order valence-electron chi connectivity index (χ4n) is 6.57. The largest absolute Gasteiger partial charge is 0.416 e. The number of benzene rings is 3. The lowest BCUT2D eigenvalue weighted by atomic mass is 10.00. The Kier molecular flexibility index (Phi) is 13.4. The second-order valence-corrected chi connectivity index (χ2v) is 12.7. The van der Waals surface area contributed by atoms with E-state index >= 15 is 0 Å². The van der Waals surface area contributed by atoms with Crippen LogP contribution in [0.15, 0.2) is 96.3 Å². The summed E-state index contributed by atoms with van der Waals surface area (Å²) in [5.41, 5.74) is 6.84. The molecule has 0 aliphatic heterocycles. The Morgan fingerprint density at radius 2 is 1.43 bits per heavy atom. The highest BCUT2D eigenvalue weighted by Gasteiger charge is 2.30. The third kappa shape index (κ3) is 10.2. The first kappa shape index (κ1) is 37.6. The number of carbonyl (C=O) groups is 2. The van der Waals surface area contributed by atoms with Crippen molar-refractivity contribution in [2.24, 2.45) is 0 Å². The number of nitrogens with zero attached hydrogens (tertiary/aromatic N) is 3. The first-order valence-electron chi connectivity index (χ1n) is 17.5. The normalized spacial score (nSPS) is 13.2. The van der Waals surface area contributed by atoms with E-state index in [-0.39, 0.29) is 18.2 Å². The number of alkyl halides is 3. The van der Waals surface area contributed by atoms with Crippen molar-refractivity contribution in [2.45, 2.75) is 78.9 Å². The van der Waals surface area contributed by atoms with Gasteiger partial charge in [-0.15, -0.1) is 0 Å². The SMILES string of the molecule is C=C(CCc1ccccc1CC)N(CC(=O)N(CCN(CC)CC)Cc1ccc(-c2ccc(C(F)(F)F)cc2)cc1)C1=C(C(C)=O)CCC1. The molecule has 1 aliphatic carbocycles. The molecular weight excluding hydrogens is 623 g/mol. The minimum Gasteiger partial charge on any atom is -0.339 e. The van der Waals surface area contributed by atoms with E-state index in [1.54, 1.807) is 6.92 Å². The van der Waals surface area contributed by atoms with E-state index in [2.05, 4.69) is 56.5 Å². The first-order valence-corrected chi connectivity index (χ1v) is 17.5. The van der Waals surface area contributed by atoms with E-state index in [1.165, 1.54) is 23.3 Å². The smallest absolute Gasteiger partial charge is 0.339 e. The van der Waals surface area contributed by atoms with Crippen LogP contribution in [0, 0.1) is 0 Å². The minimum atomic E-state index is -4.38. The van der Waals surface area contributed by atoms with Crippen molar-refractivity contribution in [3.8, 4) is 11.1 Å². The van der Waals surface area contributed by atoms with E-state index in [0.717, 1.165) is 85.5 Å². The summed E-state index contributed by atoms with van der Waals surface area (Å²) in [7, 11) is 0. The molecule has 0 aromatic heterocycles. The second kappa shape index (κ2) is 17.5. The van der Waals surface area contributed by atoms with Gasteiger partial charge in [-0.25, -0.2) is 0 Å². The van der Waals surface area contributed by atoms with Crippen molar-refractivity contribution >= 4 is 11.7 Å². The van der Waals surface area contributed by atoms with Crippen LogP contribution in [-0.2, 0) is 35.2 Å². The maximum Gasteiger partial charge on any atom is 0.416 e. The van der Waals surface area contributed by atoms with E-state index in [9.17, 15) is 22.8 Å². The van der Waals surface area contributed by atoms with Crippen LogP contribution in [0.1, 0.15) is 75.6 Å². The molecule has 4 rings (SSSR count). The van der Waals surface area contributed by atoms with E-state index in [4.69, 9.17) is 0 Å². The molecule has 0 saturated heterocycles. The maximum atomic E-state index is 14.3. The Balaban J connectivity index is 1.57. The highest BCUT2D eigenvalue weighted by atomic mass is 19.4. The van der Waals surface area contributed by atoms with Crippen molar-refractivity contribution in [3.05, 3.63) is 119 Å². The molecule has 0 unspecified atom stereocenters. The third-order valence-electron chi connectivity index (χ3n) is 9.60. The van der Waals surface area contributed by atoms with Crippen molar-refractivity contribution < 1.29 is 22.8 Å². The molecule has 8 heteroatoms. The van der Waals surface area contributed by atoms with Gasteiger partial charge in [0.2, 0.25) is 5.91 Å². The Bertz CT molecular complexity index is 1610. The number of carbonyl (C=O) groups excluding carboxylic acids is 2. The molecule has 5 nitrogen and oxygen atoms in total. The van der Waals surface area contributed by atoms with Crippen LogP contribution >= 0.6 is 0 Å². The molecule has 0 N–H and O–H groups in total. The number of Topliss-reactive ketones (excluding diaryl/α,β-unsaturated/α-hetero) is 1. The number of hydrogen-bond acceptors (Lipinski definition) is 4. The molecule has 0 fully saturated rings. The molecule has 262 valence electrons. The Morgan fingerprint density at radius 1 is 0.816 bits per heavy atom. The summed E-state index contributed by atoms with van der Waals surface area (Å²) in [6.07, 6.45) is 0.343. The van der Waals surface area contributed by atoms with Gasteiger partial charge in [-0.05, 0) is 98.5 Å². The number of aryl methyl sites for hydroxylation is 2. The average molecular weight is 674 g/mol. The fourth-order valence-corrected chi connectivity index (χ4v) is 6.57. The maximum absolute atomic E-state index is 14.3. The number of likely N-dealkylation sites (N-methyl/N-ethyl adjacent to an activating group) is 1. The van der Waals surface area contributed by atoms with Crippen LogP contribution in [0.5, 0.6) is 0 Å². The standard InChI is InChI=1S/C41H50F3N3O2/c1-6-33-12-9-10-13-34(33)19-16-30(4)47(39-15-11-14-38(39)31(5)48)29-40(49)46(27-26-45(7-2)8-3)28-32-17-20-35(21-18-32)36-22-24-37(25-23-36)41(42,43)44/h9-10,12-13,17-18,20-25H,4,6-8,11,14-16,19,26-29H2,1-3,5H3. The van der Waals surface area contributed by atoms with Crippen LogP contribution in [0.3, 0.4) is 0 Å². The van der Waals surface area contributed by atoms with Gasteiger partial charge in [-0.1, -0.05) is 88.0 Å². The lowest BCUT2D eigenvalue weighted by molar-refractivity contribution is -0.137. The predicted octanol–water partition coefficient (Wildman–Crippen LogP) is 9.08. The summed E-state index contributed by atoms with van der Waals surface area (Å²) in [5.74, 6) is -0.00279. The Hall–Kier alpha value is -4.17. The van der Waals surface area contributed by atoms with Crippen LogP contribution < -0.4 is 0 Å². The van der Waals surface area contributed by atoms with Gasteiger partial charge >= 0.3 is 6.18 Å². The molecule has 0 saturated carbocycles. The van der Waals surface area contributed by atoms with Crippen LogP contribution in [0.2, 0.25) is 0 Å². The quantitative estimate of drug-likeness (QED) is 0.143. The predicted molar refractivity (Wildman–Crippen MR) is 192 cm³/mol. The number of allylic oxidation sites excluding steroid dienone is 3. The molecule has 0 spiro atoms. The highest BCUT2D eigenvalue weighted by Crippen LogP contribution is 2.33. The fraction of sp³-hybridized carbons (Fsp3) is 0.415. The number of amides is 1. The Morgan fingerprint density at radius 3 is 2.00 bits per heavy atom. The molecule has 1 aliphatic rings. The number of rotatable bonds is 17. The zero-order chi connectivity index (χ0) is 35.6. The Labute approximate surface area is 290 Å². The van der Waals surface area contributed by atoms with Crippen molar-refractivity contribution in [2.75, 3.05) is 32.7 Å². The molecule has 49 heavy (non-hydrogen) atoms. The molecular formula is C41H50F3N3O2. The molecule has 0 bridgehead atoms. The van der Waals surface area contributed by atoms with Crippen LogP contribution in [0.25, 0.3) is 11.1 Å². The molecule has 0 radical (unpaired) electrons. The summed E-state index contributed by atoms with van der Waals surface area (Å²) in [6.45, 7) is 15.9. The van der Waals surface area contributed by atoms with Crippen LogP contribution in [0.4, 0.5) is 13.2 Å². The van der Waals surface area contributed by atoms with Gasteiger partial charge in [0.05, 0.1) is 5.56 Å². The monoisotopic (exact) mass is 673 g/mol. The average Bonchev–Trinajstić information content (AvgIpc) is 3.59. The lowest BCUT2D eigenvalue weighted by Crippen LogP contribution is -2.43. The van der Waals surface area contributed by atoms with Gasteiger partial charge in [0.25, 0.3) is 0 Å². The van der Waals surface area contributed by atoms with Gasteiger partial charge < -0.3 is 14.7 Å². The number of hydrogen-bond donors (Lipinski definition) is 0. The van der Waals surface area contributed by atoms with Crippen molar-refractivity contribution in [1.29, 1.82) is 0 Å². The summed E-state index contributed by atoms with van der Waals surface area (Å²) in [5, 5.41) is 0. The van der Waals surface area contributed by atoms with E-state index < -0.39 is 11.7 Å². The first-order chi connectivity index (χ1) is 23.4. The van der Waals surface area contributed by atoms with Gasteiger partial charge in [0.15, 0.2) is 5.78 Å². The summed E-state index contributed by atoms with van der Waals surface area (Å²) < 4.78 is 39.2. The van der Waals surface area contributed by atoms with E-state index in [0.29, 0.717) is 31.5 Å². The van der Waals surface area contributed by atoms with Gasteiger partial charge in [0, 0.05) is 36.6 Å². The number of ketones is 1. The van der Waals surface area contributed by atoms with Crippen LogP contribution in [-0.4, -0.2) is 59.1 Å². The second-order valence-electron chi connectivity index (χ2n) is 12.7. The number of halogens is 3. The molecule has 0 heterocycles. The molecule has 0 atom stereocenters. The highest BCUT2D eigenvalue weighted by molar-refractivity contribution is 5.94. The summed E-state index contributed by atoms with van der Waals surface area (Å²) in [4.78, 5) is 33.1. The topological polar surface area (TPSA) is 43.9 Å². The summed E-state index contributed by atoms with van der Waals surface area (Å²) >= 11 is 0. The van der Waals surface area contributed by atoms with Gasteiger partial charge in [-0.3, -0.25) is 9.59 Å². The molecule has 3 aromatic rings. The van der Waals surface area contributed by atoms with E-state index in [1.807, 2.05) is 34.1 Å². The minimum absolute atomic E-state index is 0.0422. The zero-order valence-electron chi connectivity index (χ0n) is 29.4. The van der Waals surface area contributed by atoms with Crippen molar-refractivity contribution in [1.82, 2.24) is 14.7 Å². The lowest BCUT2D eigenvalue weighted by Gasteiger charge is -2.33. The zero-order valence-corrected chi connectivity index (χ0v) is 29.4. The molecule has 1 amide bonds. The third-order valence-corrected chi connectivity index (χ3v) is 9.60.